The molecule has 1 aromatic heterocycles. The van der Waals surface area contributed by atoms with E-state index in [1.54, 1.807) is 23.1 Å². The minimum Gasteiger partial charge on any atom is -0.450 e. The topological polar surface area (TPSA) is 63.0 Å². The molecule has 1 fully saturated rings. The first-order valence-electron chi connectivity index (χ1n) is 10.1. The normalized spacial score (nSPS) is 19.4. The Kier molecular flexibility index (Phi) is 5.06. The molecule has 0 aliphatic carbocycles. The predicted molar refractivity (Wildman–Crippen MR) is 114 cm³/mol. The fraction of sp³-hybridized carbons (Fsp3) is 0.304. The highest BCUT2D eigenvalue weighted by atomic mass is 35.5. The van der Waals surface area contributed by atoms with Crippen LogP contribution in [-0.2, 0) is 4.74 Å². The highest BCUT2D eigenvalue weighted by molar-refractivity contribution is 6.31. The molecule has 0 radical (unpaired) electrons. The van der Waals surface area contributed by atoms with Gasteiger partial charge < -0.3 is 14.1 Å². The zero-order chi connectivity index (χ0) is 20.7. The van der Waals surface area contributed by atoms with Gasteiger partial charge in [-0.25, -0.2) is 0 Å². The Hall–Kier alpha value is -2.67. The lowest BCUT2D eigenvalue weighted by atomic mass is 9.98. The summed E-state index contributed by atoms with van der Waals surface area (Å²) in [5.74, 6) is -0.119. The Morgan fingerprint density at radius 1 is 1.00 bits per heavy atom. The van der Waals surface area contributed by atoms with Crippen molar-refractivity contribution >= 4 is 28.5 Å². The van der Waals surface area contributed by atoms with Crippen molar-refractivity contribution < 1.29 is 13.9 Å². The number of amides is 1. The van der Waals surface area contributed by atoms with Crippen molar-refractivity contribution in [3.8, 4) is 0 Å². The van der Waals surface area contributed by atoms with Gasteiger partial charge in [-0.15, -0.1) is 0 Å². The number of rotatable bonds is 4. The van der Waals surface area contributed by atoms with Crippen LogP contribution in [0.2, 0.25) is 5.02 Å². The maximum Gasteiger partial charge on any atom is 0.290 e. The van der Waals surface area contributed by atoms with Crippen LogP contribution >= 0.6 is 11.6 Å². The lowest BCUT2D eigenvalue weighted by molar-refractivity contribution is 0.0314. The number of hydrogen-bond acceptors (Lipinski definition) is 5. The summed E-state index contributed by atoms with van der Waals surface area (Å²) in [7, 11) is 0. The van der Waals surface area contributed by atoms with Crippen molar-refractivity contribution in [1.82, 2.24) is 9.80 Å². The van der Waals surface area contributed by atoms with E-state index < -0.39 is 6.04 Å². The van der Waals surface area contributed by atoms with Gasteiger partial charge >= 0.3 is 0 Å². The fourth-order valence-corrected chi connectivity index (χ4v) is 4.45. The first-order chi connectivity index (χ1) is 14.6. The van der Waals surface area contributed by atoms with E-state index in [1.165, 1.54) is 0 Å². The van der Waals surface area contributed by atoms with Gasteiger partial charge in [-0.05, 0) is 23.8 Å². The lowest BCUT2D eigenvalue weighted by Gasteiger charge is -2.31. The Labute approximate surface area is 178 Å². The summed E-state index contributed by atoms with van der Waals surface area (Å²) in [5.41, 5.74) is 1.45. The summed E-state index contributed by atoms with van der Waals surface area (Å²) in [5, 5.41) is 0.851. The first kappa shape index (κ1) is 19.3. The molecule has 0 bridgehead atoms. The van der Waals surface area contributed by atoms with E-state index in [4.69, 9.17) is 20.8 Å². The van der Waals surface area contributed by atoms with E-state index in [9.17, 15) is 9.59 Å². The van der Waals surface area contributed by atoms with Crippen molar-refractivity contribution in [1.29, 1.82) is 0 Å². The maximum absolute atomic E-state index is 13.4. The van der Waals surface area contributed by atoms with Crippen molar-refractivity contribution in [2.75, 3.05) is 39.4 Å². The largest absolute Gasteiger partial charge is 0.450 e. The van der Waals surface area contributed by atoms with Crippen LogP contribution in [0.5, 0.6) is 0 Å². The third kappa shape index (κ3) is 3.31. The molecule has 7 heteroatoms. The average Bonchev–Trinajstić information content (AvgIpc) is 3.06. The summed E-state index contributed by atoms with van der Waals surface area (Å²) in [6.45, 7) is 4.28. The lowest BCUT2D eigenvalue weighted by Crippen LogP contribution is -2.42. The summed E-state index contributed by atoms with van der Waals surface area (Å²) < 4.78 is 11.4. The van der Waals surface area contributed by atoms with Crippen molar-refractivity contribution in [3.63, 3.8) is 0 Å². The van der Waals surface area contributed by atoms with E-state index >= 15 is 0 Å². The second-order valence-corrected chi connectivity index (χ2v) is 8.02. The third-order valence-electron chi connectivity index (χ3n) is 5.80. The molecule has 0 saturated carbocycles. The summed E-state index contributed by atoms with van der Waals surface area (Å²) in [6, 6.07) is 14.1. The maximum atomic E-state index is 13.4. The second-order valence-electron chi connectivity index (χ2n) is 7.58. The van der Waals surface area contributed by atoms with Crippen molar-refractivity contribution in [2.24, 2.45) is 0 Å². The van der Waals surface area contributed by atoms with E-state index in [1.807, 2.05) is 30.3 Å². The number of morpholine rings is 1. The van der Waals surface area contributed by atoms with E-state index in [2.05, 4.69) is 4.90 Å². The Morgan fingerprint density at radius 3 is 2.53 bits per heavy atom. The quantitative estimate of drug-likeness (QED) is 0.643. The van der Waals surface area contributed by atoms with Gasteiger partial charge in [0.25, 0.3) is 5.91 Å². The van der Waals surface area contributed by atoms with Crippen LogP contribution in [-0.4, -0.2) is 55.1 Å². The molecule has 1 unspecified atom stereocenters. The van der Waals surface area contributed by atoms with Crippen LogP contribution in [0, 0.1) is 0 Å². The number of fused-ring (bicyclic) bond motifs is 2. The molecule has 2 aliphatic rings. The Morgan fingerprint density at radius 2 is 1.77 bits per heavy atom. The molecule has 5 rings (SSSR count). The zero-order valence-corrected chi connectivity index (χ0v) is 17.1. The molecule has 154 valence electrons. The minimum atomic E-state index is -0.477. The molecule has 3 aromatic rings. The number of benzene rings is 2. The van der Waals surface area contributed by atoms with Crippen LogP contribution in [0.3, 0.4) is 0 Å². The molecule has 2 aromatic carbocycles. The van der Waals surface area contributed by atoms with Gasteiger partial charge in [0.05, 0.1) is 30.2 Å². The van der Waals surface area contributed by atoms with E-state index in [0.717, 1.165) is 18.7 Å². The van der Waals surface area contributed by atoms with Crippen LogP contribution in [0.4, 0.5) is 0 Å². The smallest absolute Gasteiger partial charge is 0.290 e. The number of hydrogen-bond donors (Lipinski definition) is 0. The van der Waals surface area contributed by atoms with Crippen LogP contribution in [0.1, 0.15) is 27.7 Å². The summed E-state index contributed by atoms with van der Waals surface area (Å²) in [4.78, 5) is 30.8. The summed E-state index contributed by atoms with van der Waals surface area (Å²) >= 11 is 6.11. The van der Waals surface area contributed by atoms with Gasteiger partial charge in [-0.1, -0.05) is 41.9 Å². The van der Waals surface area contributed by atoms with Crippen LogP contribution < -0.4 is 5.43 Å². The number of carbonyl (C=O) groups excluding carboxylic acids is 1. The average molecular weight is 425 g/mol. The minimum absolute atomic E-state index is 0.130. The standard InChI is InChI=1S/C23H21ClN2O4/c24-16-6-7-18-17(14-16)21(27)19-20(15-4-2-1-3-5-15)26(23(28)22(19)30-18)9-8-25-10-12-29-13-11-25/h1-7,14,20H,8-13H2. The SMILES string of the molecule is O=C1c2oc3ccc(Cl)cc3c(=O)c2C(c2ccccc2)N1CCN1CCOCC1. The molecule has 1 saturated heterocycles. The van der Waals surface area contributed by atoms with Gasteiger partial charge in [-0.2, -0.15) is 0 Å². The molecular formula is C23H21ClN2O4. The molecule has 1 amide bonds. The predicted octanol–water partition coefficient (Wildman–Crippen LogP) is 3.32. The van der Waals surface area contributed by atoms with Gasteiger partial charge in [0.2, 0.25) is 5.76 Å². The molecular weight excluding hydrogens is 404 g/mol. The molecule has 2 aliphatic heterocycles. The summed E-state index contributed by atoms with van der Waals surface area (Å²) in [6.07, 6.45) is 0. The third-order valence-corrected chi connectivity index (χ3v) is 6.04. The molecule has 1 atom stereocenters. The number of nitrogens with zero attached hydrogens (tertiary/aromatic N) is 2. The van der Waals surface area contributed by atoms with Crippen molar-refractivity contribution in [2.45, 2.75) is 6.04 Å². The Bertz CT molecular complexity index is 1160. The van der Waals surface area contributed by atoms with Gasteiger partial charge in [0.1, 0.15) is 5.58 Å². The first-order valence-corrected chi connectivity index (χ1v) is 10.4. The van der Waals surface area contributed by atoms with E-state index in [-0.39, 0.29) is 17.1 Å². The van der Waals surface area contributed by atoms with Gasteiger partial charge in [0, 0.05) is 31.2 Å². The van der Waals surface area contributed by atoms with Gasteiger partial charge in [-0.3, -0.25) is 14.5 Å². The number of halogens is 1. The van der Waals surface area contributed by atoms with Crippen molar-refractivity contribution in [3.05, 3.63) is 80.7 Å². The highest BCUT2D eigenvalue weighted by Crippen LogP contribution is 2.38. The molecule has 6 nitrogen and oxygen atoms in total. The molecule has 0 spiro atoms. The molecule has 3 heterocycles. The zero-order valence-electron chi connectivity index (χ0n) is 16.3. The fourth-order valence-electron chi connectivity index (χ4n) is 4.28. The number of carbonyl (C=O) groups is 1. The second kappa shape index (κ2) is 7.87. The monoisotopic (exact) mass is 424 g/mol. The Balaban J connectivity index is 1.60. The van der Waals surface area contributed by atoms with E-state index in [0.29, 0.717) is 47.9 Å². The highest BCUT2D eigenvalue weighted by Gasteiger charge is 2.42. The molecule has 30 heavy (non-hydrogen) atoms. The van der Waals surface area contributed by atoms with Crippen LogP contribution in [0.25, 0.3) is 11.0 Å². The number of ether oxygens (including phenoxy) is 1. The van der Waals surface area contributed by atoms with Gasteiger partial charge in [0.15, 0.2) is 5.43 Å². The molecule has 0 N–H and O–H groups in total. The van der Waals surface area contributed by atoms with Crippen LogP contribution in [0.15, 0.2) is 57.7 Å².